The molecule has 1 saturated heterocycles. The van der Waals surface area contributed by atoms with Crippen molar-refractivity contribution in [3.8, 4) is 11.5 Å². The number of carbonyl (C=O) groups excluding carboxylic acids is 1. The molecule has 0 saturated carbocycles. The van der Waals surface area contributed by atoms with Crippen molar-refractivity contribution >= 4 is 11.8 Å². The number of nitrogens with one attached hydrogen (secondary N) is 2. The smallest absolute Gasteiger partial charge is 0.497 e. The van der Waals surface area contributed by atoms with Crippen LogP contribution in [0.3, 0.4) is 0 Å². The molecule has 5 atom stereocenters. The predicted octanol–water partition coefficient (Wildman–Crippen LogP) is 3.32. The lowest BCUT2D eigenvalue weighted by Crippen LogP contribution is -2.47. The molecule has 6 N–H and O–H groups in total. The minimum absolute atomic E-state index is 0.0173. The van der Waals surface area contributed by atoms with Gasteiger partial charge < -0.3 is 38.6 Å². The molecule has 2 aliphatic rings. The van der Waals surface area contributed by atoms with Crippen LogP contribution in [0.4, 0.5) is 10.5 Å². The first kappa shape index (κ1) is 42.9. The Labute approximate surface area is 323 Å². The van der Waals surface area contributed by atoms with Crippen molar-refractivity contribution in [3.63, 3.8) is 0 Å². The Morgan fingerprint density at radius 2 is 1.89 bits per heavy atom. The number of carbonyl (C=O) groups is 1. The molecule has 21 heteroatoms. The first-order chi connectivity index (χ1) is 27.2. The number of ether oxygens (including phenoxy) is 6. The number of aromatic amines is 1. The van der Waals surface area contributed by atoms with Gasteiger partial charge in [-0.05, 0) is 67.5 Å². The van der Waals surface area contributed by atoms with E-state index in [2.05, 4.69) is 41.7 Å². The van der Waals surface area contributed by atoms with Crippen molar-refractivity contribution in [2.75, 3.05) is 65.2 Å². The maximum Gasteiger partial charge on any atom is 0.508 e. The van der Waals surface area contributed by atoms with Gasteiger partial charge in [-0.15, -0.1) is 10.2 Å². The quantitative estimate of drug-likeness (QED) is 0.0458. The van der Waals surface area contributed by atoms with Crippen LogP contribution in [0.15, 0.2) is 42.5 Å². The number of hydrogen-bond donors (Lipinski definition) is 6. The third kappa shape index (κ3) is 13.4. The normalized spacial score (nSPS) is 19.4. The Balaban J connectivity index is 1.18. The second-order valence-corrected chi connectivity index (χ2v) is 13.3. The summed E-state index contributed by atoms with van der Waals surface area (Å²) in [6, 6.07) is 14.0. The predicted molar refractivity (Wildman–Crippen MR) is 191 cm³/mol. The molecule has 1 fully saturated rings. The van der Waals surface area contributed by atoms with Crippen LogP contribution < -0.4 is 19.7 Å². The zero-order chi connectivity index (χ0) is 39.7. The van der Waals surface area contributed by atoms with Crippen LogP contribution in [-0.4, -0.2) is 137 Å². The summed E-state index contributed by atoms with van der Waals surface area (Å²) in [7, 11) is 3.34. The number of rotatable bonds is 23. The number of piperidine rings is 1. The standard InChI is InChI=1S/C35H52N8O13/c1-49-15-5-13-41-14-17-51-31-12-7-24(18-30(31)41)22-53-33-21-36-26(19-29(33)25-8-10-27(50-2)11-9-25)20-32(34-37-39-40-38-34)55-35(44)52-16-4-3-6-28(56-43(47)48)23-54-42(45)46/h7-12,18,26,28-29,32-33,36,45-48H,3-6,13-17,19-23H2,1-2H3,(H,37,38,39,40). The van der Waals surface area contributed by atoms with Crippen molar-refractivity contribution in [2.24, 2.45) is 0 Å². The molecule has 0 bridgehead atoms. The van der Waals surface area contributed by atoms with E-state index in [1.54, 1.807) is 14.2 Å². The molecule has 0 aliphatic carbocycles. The molecular formula is C35H52N8O13. The number of methoxy groups -OCH3 is 2. The van der Waals surface area contributed by atoms with E-state index in [0.29, 0.717) is 52.0 Å². The van der Waals surface area contributed by atoms with Crippen LogP contribution in [0.5, 0.6) is 11.5 Å². The highest BCUT2D eigenvalue weighted by Gasteiger charge is 2.35. The molecule has 56 heavy (non-hydrogen) atoms. The molecule has 3 heterocycles. The van der Waals surface area contributed by atoms with Crippen LogP contribution >= 0.6 is 0 Å². The maximum absolute atomic E-state index is 12.8. The van der Waals surface area contributed by atoms with Gasteiger partial charge in [0.25, 0.3) is 0 Å². The van der Waals surface area contributed by atoms with E-state index in [9.17, 15) is 4.79 Å². The topological polar surface area (TPSA) is 248 Å². The van der Waals surface area contributed by atoms with E-state index in [0.717, 1.165) is 47.8 Å². The zero-order valence-corrected chi connectivity index (χ0v) is 31.5. The molecule has 1 aromatic heterocycles. The van der Waals surface area contributed by atoms with Crippen LogP contribution in [0.1, 0.15) is 67.5 Å². The van der Waals surface area contributed by atoms with Crippen LogP contribution in [0.25, 0.3) is 0 Å². The molecule has 0 spiro atoms. The average Bonchev–Trinajstić information content (AvgIpc) is 3.74. The van der Waals surface area contributed by atoms with Crippen molar-refractivity contribution in [1.29, 1.82) is 0 Å². The summed E-state index contributed by atoms with van der Waals surface area (Å²) < 4.78 is 34.3. The summed E-state index contributed by atoms with van der Waals surface area (Å²) in [5, 5.41) is 52.1. The lowest BCUT2D eigenvalue weighted by Gasteiger charge is -2.38. The van der Waals surface area contributed by atoms with E-state index in [4.69, 9.17) is 54.1 Å². The number of nitrogens with zero attached hydrogens (tertiary/aromatic N) is 6. The van der Waals surface area contributed by atoms with Crippen molar-refractivity contribution in [1.82, 2.24) is 36.7 Å². The Bertz CT molecular complexity index is 1570. The molecule has 5 rings (SSSR count). The minimum atomic E-state index is -0.947. The number of tetrazole rings is 1. The fraction of sp³-hybridized carbons (Fsp3) is 0.600. The largest absolute Gasteiger partial charge is 0.508 e. The number of fused-ring (bicyclic) bond motifs is 1. The monoisotopic (exact) mass is 792 g/mol. The summed E-state index contributed by atoms with van der Waals surface area (Å²) in [4.78, 5) is 24.3. The Morgan fingerprint density at radius 1 is 1.05 bits per heavy atom. The van der Waals surface area contributed by atoms with Crippen LogP contribution in [0, 0.1) is 0 Å². The first-order valence-corrected chi connectivity index (χ1v) is 18.4. The fourth-order valence-corrected chi connectivity index (χ4v) is 6.77. The van der Waals surface area contributed by atoms with Crippen molar-refractivity contribution < 1.29 is 63.7 Å². The zero-order valence-electron chi connectivity index (χ0n) is 31.5. The highest BCUT2D eigenvalue weighted by Crippen LogP contribution is 2.36. The Kier molecular flexibility index (Phi) is 17.2. The molecule has 2 aliphatic heterocycles. The van der Waals surface area contributed by atoms with Crippen LogP contribution in [0.2, 0.25) is 0 Å². The van der Waals surface area contributed by atoms with Gasteiger partial charge in [0.05, 0.1) is 49.4 Å². The van der Waals surface area contributed by atoms with Gasteiger partial charge in [-0.25, -0.2) is 14.5 Å². The van der Waals surface area contributed by atoms with Gasteiger partial charge in [-0.2, -0.15) is 5.21 Å². The molecular weight excluding hydrogens is 740 g/mol. The lowest BCUT2D eigenvalue weighted by molar-refractivity contribution is -0.527. The molecule has 310 valence electrons. The lowest BCUT2D eigenvalue weighted by atomic mass is 9.82. The first-order valence-electron chi connectivity index (χ1n) is 18.4. The van der Waals surface area contributed by atoms with Crippen LogP contribution in [-0.2, 0) is 35.2 Å². The van der Waals surface area contributed by atoms with Gasteiger partial charge in [0.2, 0.25) is 5.82 Å². The minimum Gasteiger partial charge on any atom is -0.497 e. The van der Waals surface area contributed by atoms with Gasteiger partial charge in [0.15, 0.2) is 6.10 Å². The molecule has 0 amide bonds. The average molecular weight is 793 g/mol. The van der Waals surface area contributed by atoms with E-state index < -0.39 is 35.7 Å². The van der Waals surface area contributed by atoms with E-state index >= 15 is 0 Å². The second-order valence-electron chi connectivity index (χ2n) is 13.3. The third-order valence-electron chi connectivity index (χ3n) is 9.51. The third-order valence-corrected chi connectivity index (χ3v) is 9.51. The Morgan fingerprint density at radius 3 is 2.62 bits per heavy atom. The highest BCUT2D eigenvalue weighted by molar-refractivity contribution is 5.61. The van der Waals surface area contributed by atoms with Gasteiger partial charge in [-0.1, -0.05) is 23.4 Å². The summed E-state index contributed by atoms with van der Waals surface area (Å²) >= 11 is 0. The number of hydrogen-bond acceptors (Lipinski definition) is 20. The van der Waals surface area contributed by atoms with Gasteiger partial charge in [-0.3, -0.25) is 20.8 Å². The molecule has 0 radical (unpaired) electrons. The summed E-state index contributed by atoms with van der Waals surface area (Å²) in [6.07, 6.45) is -0.129. The van der Waals surface area contributed by atoms with Gasteiger partial charge >= 0.3 is 6.16 Å². The fourth-order valence-electron chi connectivity index (χ4n) is 6.77. The van der Waals surface area contributed by atoms with Gasteiger partial charge in [0.1, 0.15) is 30.8 Å². The number of H-pyrrole nitrogens is 1. The highest BCUT2D eigenvalue weighted by atomic mass is 17.1. The van der Waals surface area contributed by atoms with Crippen molar-refractivity contribution in [2.45, 2.75) is 75.4 Å². The van der Waals surface area contributed by atoms with E-state index in [1.165, 1.54) is 0 Å². The molecule has 21 nitrogen and oxygen atoms in total. The summed E-state index contributed by atoms with van der Waals surface area (Å²) in [5.41, 5.74) is 3.17. The van der Waals surface area contributed by atoms with Gasteiger partial charge in [0, 0.05) is 45.2 Å². The Hall–Kier alpha value is -4.26. The molecule has 5 unspecified atom stereocenters. The van der Waals surface area contributed by atoms with E-state index in [1.807, 2.05) is 36.4 Å². The maximum atomic E-state index is 12.8. The number of aromatic nitrogens is 4. The van der Waals surface area contributed by atoms with Crippen molar-refractivity contribution in [3.05, 3.63) is 59.4 Å². The number of benzene rings is 2. The summed E-state index contributed by atoms with van der Waals surface area (Å²) in [5.74, 6) is 1.78. The SMILES string of the molecule is COCCCN1CCOc2ccc(COC3CNC(CC(OC(=O)OCCCCC(CON(O)O)ON(O)O)c4nn[nH]n4)CC3c3ccc(OC)cc3)cc21. The van der Waals surface area contributed by atoms with E-state index in [-0.39, 0.29) is 36.9 Å². The summed E-state index contributed by atoms with van der Waals surface area (Å²) in [6.45, 7) is 3.51. The molecule has 3 aromatic rings. The second kappa shape index (κ2) is 22.5. The number of anilines is 1. The molecule has 2 aromatic carbocycles. The number of unbranched alkanes of at least 4 members (excludes halogenated alkanes) is 1.